The van der Waals surface area contributed by atoms with Crippen LogP contribution >= 0.6 is 11.6 Å². The van der Waals surface area contributed by atoms with Crippen LogP contribution in [0, 0.1) is 13.8 Å². The molecule has 1 aromatic carbocycles. The maximum Gasteiger partial charge on any atom is 0.417 e. The summed E-state index contributed by atoms with van der Waals surface area (Å²) < 4.78 is 48.0. The van der Waals surface area contributed by atoms with Gasteiger partial charge in [-0.1, -0.05) is 17.7 Å². The molecule has 2 heterocycles. The van der Waals surface area contributed by atoms with Gasteiger partial charge in [-0.3, -0.25) is 14.2 Å². The van der Waals surface area contributed by atoms with Crippen molar-refractivity contribution in [2.45, 2.75) is 33.5 Å². The summed E-state index contributed by atoms with van der Waals surface area (Å²) >= 11 is 6.16. The standard InChI is InChI=1S/C19H17ClF3N3O3/c1-4-29-16(28)9-25-15(27)8-12(19(21,22)23)17-11(3)24-26(18(17)25)14-7-5-6-13(20)10(14)2/h5-8H,4,9H2,1-3H3. The second-order valence-corrected chi connectivity index (χ2v) is 6.77. The van der Waals surface area contributed by atoms with Gasteiger partial charge in [0, 0.05) is 11.1 Å². The van der Waals surface area contributed by atoms with Crippen LogP contribution in [-0.2, 0) is 22.3 Å². The molecule has 154 valence electrons. The van der Waals surface area contributed by atoms with E-state index in [4.69, 9.17) is 16.3 Å². The third-order valence-corrected chi connectivity index (χ3v) is 4.87. The number of esters is 1. The zero-order valence-electron chi connectivity index (χ0n) is 15.8. The van der Waals surface area contributed by atoms with Crippen LogP contribution in [0.2, 0.25) is 5.02 Å². The van der Waals surface area contributed by atoms with Crippen molar-refractivity contribution in [3.8, 4) is 5.69 Å². The zero-order chi connectivity index (χ0) is 21.5. The summed E-state index contributed by atoms with van der Waals surface area (Å²) in [5.74, 6) is -0.746. The molecule has 29 heavy (non-hydrogen) atoms. The minimum absolute atomic E-state index is 0.0595. The van der Waals surface area contributed by atoms with Gasteiger partial charge in [-0.15, -0.1) is 0 Å². The molecule has 0 bridgehead atoms. The van der Waals surface area contributed by atoms with Crippen molar-refractivity contribution in [2.75, 3.05) is 6.61 Å². The highest BCUT2D eigenvalue weighted by Crippen LogP contribution is 2.36. The number of halogens is 4. The van der Waals surface area contributed by atoms with E-state index in [1.54, 1.807) is 32.0 Å². The first kappa shape index (κ1) is 20.9. The Morgan fingerprint density at radius 2 is 1.97 bits per heavy atom. The Hall–Kier alpha value is -2.81. The molecule has 0 N–H and O–H groups in total. The fraction of sp³-hybridized carbons (Fsp3) is 0.316. The lowest BCUT2D eigenvalue weighted by atomic mass is 10.1. The highest BCUT2D eigenvalue weighted by atomic mass is 35.5. The number of carbonyl (C=O) groups is 1. The van der Waals surface area contributed by atoms with Gasteiger partial charge in [0.25, 0.3) is 5.56 Å². The molecule has 0 spiro atoms. The Labute approximate surface area is 168 Å². The molecule has 0 radical (unpaired) electrons. The monoisotopic (exact) mass is 427 g/mol. The molecule has 0 atom stereocenters. The maximum atomic E-state index is 13.6. The first-order valence-corrected chi connectivity index (χ1v) is 9.05. The molecule has 0 unspecified atom stereocenters. The fourth-order valence-corrected chi connectivity index (χ4v) is 3.33. The summed E-state index contributed by atoms with van der Waals surface area (Å²) in [7, 11) is 0. The molecule has 0 aliphatic rings. The Morgan fingerprint density at radius 3 is 2.59 bits per heavy atom. The predicted octanol–water partition coefficient (Wildman–Crippen LogP) is 4.04. The largest absolute Gasteiger partial charge is 0.465 e. The lowest BCUT2D eigenvalue weighted by Crippen LogP contribution is -2.28. The highest BCUT2D eigenvalue weighted by molar-refractivity contribution is 6.31. The van der Waals surface area contributed by atoms with E-state index in [-0.39, 0.29) is 23.3 Å². The lowest BCUT2D eigenvalue weighted by Gasteiger charge is -2.15. The minimum Gasteiger partial charge on any atom is -0.465 e. The molecular formula is C19H17ClF3N3O3. The number of fused-ring (bicyclic) bond motifs is 1. The van der Waals surface area contributed by atoms with Crippen LogP contribution in [0.15, 0.2) is 29.1 Å². The normalized spacial score (nSPS) is 11.8. The SMILES string of the molecule is CCOC(=O)Cn1c(=O)cc(C(F)(F)F)c2c(C)nn(-c3cccc(Cl)c3C)c21. The van der Waals surface area contributed by atoms with Crippen LogP contribution < -0.4 is 5.56 Å². The number of nitrogens with zero attached hydrogens (tertiary/aromatic N) is 3. The van der Waals surface area contributed by atoms with Gasteiger partial charge in [0.15, 0.2) is 0 Å². The minimum atomic E-state index is -4.78. The molecule has 0 aliphatic carbocycles. The second-order valence-electron chi connectivity index (χ2n) is 6.36. The number of aryl methyl sites for hydroxylation is 1. The molecule has 10 heteroatoms. The molecular weight excluding hydrogens is 411 g/mol. The third-order valence-electron chi connectivity index (χ3n) is 4.46. The Kier molecular flexibility index (Phi) is 5.44. The predicted molar refractivity (Wildman–Crippen MR) is 101 cm³/mol. The summed E-state index contributed by atoms with van der Waals surface area (Å²) in [4.78, 5) is 24.6. The average molecular weight is 428 g/mol. The van der Waals surface area contributed by atoms with E-state index in [1.807, 2.05) is 0 Å². The highest BCUT2D eigenvalue weighted by Gasteiger charge is 2.36. The summed E-state index contributed by atoms with van der Waals surface area (Å²) in [5, 5.41) is 4.36. The van der Waals surface area contributed by atoms with Crippen molar-refractivity contribution in [2.24, 2.45) is 0 Å². The molecule has 3 aromatic rings. The number of pyridine rings is 1. The van der Waals surface area contributed by atoms with Gasteiger partial charge >= 0.3 is 12.1 Å². The average Bonchev–Trinajstić information content (AvgIpc) is 2.96. The fourth-order valence-electron chi connectivity index (χ4n) is 3.16. The van der Waals surface area contributed by atoms with Crippen LogP contribution in [0.3, 0.4) is 0 Å². The molecule has 0 aliphatic heterocycles. The van der Waals surface area contributed by atoms with Gasteiger partial charge in [0.1, 0.15) is 12.2 Å². The molecule has 0 saturated carbocycles. The Bertz CT molecular complexity index is 1170. The molecule has 3 rings (SSSR count). The van der Waals surface area contributed by atoms with E-state index in [0.29, 0.717) is 22.3 Å². The van der Waals surface area contributed by atoms with Crippen LogP contribution in [0.25, 0.3) is 16.7 Å². The van der Waals surface area contributed by atoms with Gasteiger partial charge in [0.05, 0.1) is 28.9 Å². The van der Waals surface area contributed by atoms with E-state index >= 15 is 0 Å². The van der Waals surface area contributed by atoms with Crippen LogP contribution in [0.5, 0.6) is 0 Å². The van der Waals surface area contributed by atoms with E-state index in [0.717, 1.165) is 4.57 Å². The Balaban J connectivity index is 2.45. The summed E-state index contributed by atoms with van der Waals surface area (Å²) in [5.41, 5.74) is -1.23. The van der Waals surface area contributed by atoms with Gasteiger partial charge < -0.3 is 4.74 Å². The number of aromatic nitrogens is 3. The smallest absolute Gasteiger partial charge is 0.417 e. The molecule has 6 nitrogen and oxygen atoms in total. The maximum absolute atomic E-state index is 13.6. The zero-order valence-corrected chi connectivity index (χ0v) is 16.6. The summed E-state index contributed by atoms with van der Waals surface area (Å²) in [6.45, 7) is 4.21. The summed E-state index contributed by atoms with van der Waals surface area (Å²) in [6, 6.07) is 5.35. The lowest BCUT2D eigenvalue weighted by molar-refractivity contribution is -0.143. The van der Waals surface area contributed by atoms with Crippen molar-refractivity contribution < 1.29 is 22.7 Å². The topological polar surface area (TPSA) is 66.1 Å². The van der Waals surface area contributed by atoms with Crippen molar-refractivity contribution >= 4 is 28.6 Å². The van der Waals surface area contributed by atoms with Gasteiger partial charge in [-0.2, -0.15) is 18.3 Å². The Morgan fingerprint density at radius 1 is 1.28 bits per heavy atom. The number of alkyl halides is 3. The van der Waals surface area contributed by atoms with Crippen molar-refractivity contribution in [3.05, 3.63) is 56.5 Å². The molecule has 0 fully saturated rings. The van der Waals surface area contributed by atoms with E-state index in [2.05, 4.69) is 5.10 Å². The number of benzene rings is 1. The van der Waals surface area contributed by atoms with E-state index < -0.39 is 29.8 Å². The van der Waals surface area contributed by atoms with Crippen molar-refractivity contribution in [1.29, 1.82) is 0 Å². The molecule has 2 aromatic heterocycles. The molecule has 0 amide bonds. The number of rotatable bonds is 4. The number of hydrogen-bond acceptors (Lipinski definition) is 4. The first-order chi connectivity index (χ1) is 13.6. The van der Waals surface area contributed by atoms with E-state index in [9.17, 15) is 22.8 Å². The third kappa shape index (κ3) is 3.74. The van der Waals surface area contributed by atoms with Gasteiger partial charge in [-0.05, 0) is 38.5 Å². The van der Waals surface area contributed by atoms with E-state index in [1.165, 1.54) is 11.6 Å². The van der Waals surface area contributed by atoms with Gasteiger partial charge in [-0.25, -0.2) is 4.68 Å². The van der Waals surface area contributed by atoms with Crippen LogP contribution in [0.1, 0.15) is 23.7 Å². The first-order valence-electron chi connectivity index (χ1n) is 8.67. The van der Waals surface area contributed by atoms with Crippen molar-refractivity contribution in [3.63, 3.8) is 0 Å². The molecule has 0 saturated heterocycles. The van der Waals surface area contributed by atoms with Crippen molar-refractivity contribution in [1.82, 2.24) is 14.3 Å². The number of carbonyl (C=O) groups excluding carboxylic acids is 1. The number of ether oxygens (including phenoxy) is 1. The second kappa shape index (κ2) is 7.55. The van der Waals surface area contributed by atoms with Gasteiger partial charge in [0.2, 0.25) is 0 Å². The van der Waals surface area contributed by atoms with Crippen LogP contribution in [-0.4, -0.2) is 26.9 Å². The summed E-state index contributed by atoms with van der Waals surface area (Å²) in [6.07, 6.45) is -4.78. The quantitative estimate of drug-likeness (QED) is 0.589. The number of hydrogen-bond donors (Lipinski definition) is 0. The van der Waals surface area contributed by atoms with Crippen LogP contribution in [0.4, 0.5) is 13.2 Å².